The molecule has 2 rings (SSSR count). The molecule has 1 aromatic rings. The first-order chi connectivity index (χ1) is 7.15. The minimum absolute atomic E-state index is 0.213. The average Bonchev–Trinajstić information content (AvgIpc) is 2.27. The molecule has 1 aliphatic rings. The Morgan fingerprint density at radius 2 is 2.07 bits per heavy atom. The van der Waals surface area contributed by atoms with Crippen LogP contribution in [0.4, 0.5) is 0 Å². The van der Waals surface area contributed by atoms with Gasteiger partial charge in [-0.15, -0.1) is 0 Å². The summed E-state index contributed by atoms with van der Waals surface area (Å²) < 4.78 is 0. The van der Waals surface area contributed by atoms with Crippen molar-refractivity contribution in [2.75, 3.05) is 13.1 Å². The Hall–Kier alpha value is -0.930. The van der Waals surface area contributed by atoms with Gasteiger partial charge in [0.25, 0.3) is 0 Å². The summed E-state index contributed by atoms with van der Waals surface area (Å²) in [5.74, 6) is 0.427. The normalized spacial score (nSPS) is 36.5. The maximum absolute atomic E-state index is 10.8. The molecule has 1 saturated heterocycles. The molecule has 15 heavy (non-hydrogen) atoms. The Labute approximate surface area is 90.5 Å². The van der Waals surface area contributed by atoms with Crippen LogP contribution in [0.3, 0.4) is 0 Å². The monoisotopic (exact) mass is 206 g/mol. The molecule has 1 aliphatic heterocycles. The molecule has 0 unspecified atom stereocenters. The predicted octanol–water partition coefficient (Wildman–Crippen LogP) is 1.14. The van der Waals surface area contributed by atoms with Crippen molar-refractivity contribution in [1.29, 1.82) is 0 Å². The summed E-state index contributed by atoms with van der Waals surface area (Å²) in [6.07, 6.45) is 3.52. The van der Waals surface area contributed by atoms with Gasteiger partial charge in [-0.2, -0.15) is 0 Å². The lowest BCUT2D eigenvalue weighted by Crippen LogP contribution is -2.52. The lowest BCUT2D eigenvalue weighted by atomic mass is 9.72. The van der Waals surface area contributed by atoms with Gasteiger partial charge in [0.15, 0.2) is 0 Å². The first-order valence-corrected chi connectivity index (χ1v) is 5.49. The minimum Gasteiger partial charge on any atom is -0.384 e. The van der Waals surface area contributed by atoms with Gasteiger partial charge in [0.1, 0.15) is 0 Å². The van der Waals surface area contributed by atoms with Crippen LogP contribution in [-0.2, 0) is 5.60 Å². The first kappa shape index (κ1) is 10.6. The van der Waals surface area contributed by atoms with E-state index in [-0.39, 0.29) is 11.8 Å². The Bertz CT molecular complexity index is 316. The zero-order valence-electron chi connectivity index (χ0n) is 9.27. The van der Waals surface area contributed by atoms with Crippen LogP contribution < -0.4 is 5.32 Å². The van der Waals surface area contributed by atoms with Gasteiger partial charge in [-0.1, -0.05) is 19.9 Å². The van der Waals surface area contributed by atoms with Crippen LogP contribution in [0.1, 0.15) is 19.4 Å². The van der Waals surface area contributed by atoms with Crippen molar-refractivity contribution in [3.63, 3.8) is 0 Å². The van der Waals surface area contributed by atoms with Crippen molar-refractivity contribution in [1.82, 2.24) is 10.3 Å². The summed E-state index contributed by atoms with van der Waals surface area (Å²) in [5.41, 5.74) is 0.200. The van der Waals surface area contributed by atoms with E-state index in [0.717, 1.165) is 18.7 Å². The molecule has 0 aliphatic carbocycles. The topological polar surface area (TPSA) is 45.1 Å². The number of rotatable bonds is 1. The standard InChI is InChI=1S/C12H18N2O/c1-9-6-14-7-10(2)12(9,15)11-4-3-5-13-8-11/h3-5,8-10,14-15H,6-7H2,1-2H3/t9-,10+,12+. The maximum atomic E-state index is 10.8. The van der Waals surface area contributed by atoms with Crippen molar-refractivity contribution in [3.05, 3.63) is 30.1 Å². The average molecular weight is 206 g/mol. The third-order valence-electron chi connectivity index (χ3n) is 3.53. The molecule has 1 aromatic heterocycles. The third-order valence-corrected chi connectivity index (χ3v) is 3.53. The summed E-state index contributed by atoms with van der Waals surface area (Å²) >= 11 is 0. The van der Waals surface area contributed by atoms with E-state index in [1.807, 2.05) is 12.1 Å². The molecule has 0 aromatic carbocycles. The molecular weight excluding hydrogens is 188 g/mol. The van der Waals surface area contributed by atoms with Crippen LogP contribution in [-0.4, -0.2) is 23.2 Å². The number of nitrogens with one attached hydrogen (secondary N) is 1. The Morgan fingerprint density at radius 1 is 1.40 bits per heavy atom. The van der Waals surface area contributed by atoms with Crippen molar-refractivity contribution in [3.8, 4) is 0 Å². The number of piperidine rings is 1. The van der Waals surface area contributed by atoms with Gasteiger partial charge in [0.05, 0.1) is 5.60 Å². The summed E-state index contributed by atoms with van der Waals surface area (Å²) in [5, 5.41) is 14.1. The number of hydrogen-bond donors (Lipinski definition) is 2. The number of nitrogens with zero attached hydrogens (tertiary/aromatic N) is 1. The number of aliphatic hydroxyl groups is 1. The Balaban J connectivity index is 2.38. The van der Waals surface area contributed by atoms with E-state index in [9.17, 15) is 5.11 Å². The number of aromatic nitrogens is 1. The quantitative estimate of drug-likeness (QED) is 0.724. The molecule has 0 saturated carbocycles. The van der Waals surface area contributed by atoms with Crippen molar-refractivity contribution in [2.45, 2.75) is 19.4 Å². The number of pyridine rings is 1. The molecule has 2 heterocycles. The fourth-order valence-corrected chi connectivity index (χ4v) is 2.48. The van der Waals surface area contributed by atoms with Gasteiger partial charge in [-0.3, -0.25) is 4.98 Å². The molecule has 82 valence electrons. The highest BCUT2D eigenvalue weighted by Crippen LogP contribution is 2.38. The molecule has 0 amide bonds. The van der Waals surface area contributed by atoms with Gasteiger partial charge in [0, 0.05) is 42.9 Å². The lowest BCUT2D eigenvalue weighted by molar-refractivity contribution is -0.0809. The van der Waals surface area contributed by atoms with Crippen LogP contribution in [0.25, 0.3) is 0 Å². The molecule has 0 radical (unpaired) electrons. The lowest BCUT2D eigenvalue weighted by Gasteiger charge is -2.43. The molecule has 0 bridgehead atoms. The molecule has 1 fully saturated rings. The van der Waals surface area contributed by atoms with E-state index >= 15 is 0 Å². The van der Waals surface area contributed by atoms with E-state index in [1.54, 1.807) is 12.4 Å². The van der Waals surface area contributed by atoms with Crippen LogP contribution in [0.2, 0.25) is 0 Å². The minimum atomic E-state index is -0.737. The predicted molar refractivity (Wildman–Crippen MR) is 59.3 cm³/mol. The fourth-order valence-electron chi connectivity index (χ4n) is 2.48. The summed E-state index contributed by atoms with van der Waals surface area (Å²) in [6, 6.07) is 3.85. The largest absolute Gasteiger partial charge is 0.384 e. The SMILES string of the molecule is C[C@@H]1CNC[C@H](C)[C@]1(O)c1cccnc1. The molecule has 3 nitrogen and oxygen atoms in total. The highest BCUT2D eigenvalue weighted by atomic mass is 16.3. The van der Waals surface area contributed by atoms with E-state index < -0.39 is 5.60 Å². The number of hydrogen-bond acceptors (Lipinski definition) is 3. The highest BCUT2D eigenvalue weighted by Gasteiger charge is 2.43. The van der Waals surface area contributed by atoms with E-state index in [0.29, 0.717) is 0 Å². The fraction of sp³-hybridized carbons (Fsp3) is 0.583. The van der Waals surface area contributed by atoms with Crippen LogP contribution >= 0.6 is 0 Å². The molecular formula is C12H18N2O. The molecule has 0 spiro atoms. The van der Waals surface area contributed by atoms with E-state index in [1.165, 1.54) is 0 Å². The third kappa shape index (κ3) is 1.66. The zero-order chi connectivity index (χ0) is 10.9. The summed E-state index contributed by atoms with van der Waals surface area (Å²) in [6.45, 7) is 5.87. The van der Waals surface area contributed by atoms with Gasteiger partial charge in [0.2, 0.25) is 0 Å². The first-order valence-electron chi connectivity index (χ1n) is 5.49. The molecule has 3 heteroatoms. The van der Waals surface area contributed by atoms with Crippen LogP contribution in [0, 0.1) is 11.8 Å². The second-order valence-electron chi connectivity index (χ2n) is 4.53. The van der Waals surface area contributed by atoms with Gasteiger partial charge < -0.3 is 10.4 Å². The second-order valence-corrected chi connectivity index (χ2v) is 4.53. The maximum Gasteiger partial charge on any atom is 0.0986 e. The van der Waals surface area contributed by atoms with Crippen LogP contribution in [0.15, 0.2) is 24.5 Å². The van der Waals surface area contributed by atoms with Crippen molar-refractivity contribution < 1.29 is 5.11 Å². The Morgan fingerprint density at radius 3 is 2.60 bits per heavy atom. The summed E-state index contributed by atoms with van der Waals surface area (Å²) in [4.78, 5) is 4.09. The Kier molecular flexibility index (Phi) is 2.76. The van der Waals surface area contributed by atoms with E-state index in [4.69, 9.17) is 0 Å². The van der Waals surface area contributed by atoms with Gasteiger partial charge in [-0.05, 0) is 6.07 Å². The summed E-state index contributed by atoms with van der Waals surface area (Å²) in [7, 11) is 0. The van der Waals surface area contributed by atoms with Crippen molar-refractivity contribution >= 4 is 0 Å². The highest BCUT2D eigenvalue weighted by molar-refractivity contribution is 5.21. The van der Waals surface area contributed by atoms with Gasteiger partial charge >= 0.3 is 0 Å². The zero-order valence-corrected chi connectivity index (χ0v) is 9.27. The van der Waals surface area contributed by atoms with E-state index in [2.05, 4.69) is 24.1 Å². The van der Waals surface area contributed by atoms with Crippen molar-refractivity contribution in [2.24, 2.45) is 11.8 Å². The smallest absolute Gasteiger partial charge is 0.0986 e. The van der Waals surface area contributed by atoms with Gasteiger partial charge in [-0.25, -0.2) is 0 Å². The van der Waals surface area contributed by atoms with Crippen LogP contribution in [0.5, 0.6) is 0 Å². The second kappa shape index (κ2) is 3.91. The molecule has 2 N–H and O–H groups in total. The molecule has 3 atom stereocenters.